The molecule has 0 bridgehead atoms. The van der Waals surface area contributed by atoms with Crippen molar-refractivity contribution in [2.75, 3.05) is 19.6 Å². The van der Waals surface area contributed by atoms with Crippen LogP contribution in [0.4, 0.5) is 10.1 Å². The molecule has 0 aliphatic heterocycles. The fourth-order valence-corrected chi connectivity index (χ4v) is 3.40. The van der Waals surface area contributed by atoms with Gasteiger partial charge < -0.3 is 10.2 Å². The Labute approximate surface area is 166 Å². The maximum Gasteiger partial charge on any atom is 0.270 e. The number of benzene rings is 2. The minimum atomic E-state index is -0.603. The maximum absolute atomic E-state index is 14.0. The molecule has 28 heavy (non-hydrogen) atoms. The summed E-state index contributed by atoms with van der Waals surface area (Å²) in [5, 5.41) is 13.8. The van der Waals surface area contributed by atoms with Crippen molar-refractivity contribution in [2.24, 2.45) is 0 Å². The number of halogens is 1. The number of rotatable bonds is 8. The monoisotopic (exact) mass is 405 g/mol. The largest absolute Gasteiger partial charge is 0.355 e. The molecule has 0 saturated heterocycles. The van der Waals surface area contributed by atoms with Gasteiger partial charge in [0.15, 0.2) is 0 Å². The van der Waals surface area contributed by atoms with Crippen LogP contribution in [0.5, 0.6) is 0 Å². The van der Waals surface area contributed by atoms with Gasteiger partial charge in [-0.3, -0.25) is 19.7 Å². The fraction of sp³-hybridized carbons (Fsp3) is 0.263. The number of carbonyl (C=O) groups is 2. The molecule has 1 N–H and O–H groups in total. The summed E-state index contributed by atoms with van der Waals surface area (Å²) in [5.74, 6) is -1.32. The number of nitro benzene ring substituents is 1. The van der Waals surface area contributed by atoms with Crippen molar-refractivity contribution in [1.82, 2.24) is 10.2 Å². The minimum Gasteiger partial charge on any atom is -0.355 e. The Hall–Kier alpha value is -2.94. The highest BCUT2D eigenvalue weighted by molar-refractivity contribution is 7.99. The van der Waals surface area contributed by atoms with Crippen molar-refractivity contribution in [1.29, 1.82) is 0 Å². The average Bonchev–Trinajstić information content (AvgIpc) is 2.67. The first-order chi connectivity index (χ1) is 13.4. The molecular formula is C19H20FN3O4S. The van der Waals surface area contributed by atoms with E-state index in [9.17, 15) is 24.1 Å². The lowest BCUT2D eigenvalue weighted by Gasteiger charge is -2.21. The van der Waals surface area contributed by atoms with Gasteiger partial charge in [-0.05, 0) is 32.0 Å². The zero-order chi connectivity index (χ0) is 20.7. The Morgan fingerprint density at radius 2 is 1.89 bits per heavy atom. The molecule has 2 aromatic rings. The Kier molecular flexibility index (Phi) is 7.51. The Balaban J connectivity index is 2.42. The second-order valence-electron chi connectivity index (χ2n) is 5.74. The predicted molar refractivity (Wildman–Crippen MR) is 104 cm³/mol. The molecule has 0 fully saturated rings. The lowest BCUT2D eigenvalue weighted by atomic mass is 10.1. The van der Waals surface area contributed by atoms with Crippen molar-refractivity contribution < 1.29 is 18.9 Å². The molecule has 2 rings (SSSR count). The molecule has 9 heteroatoms. The number of hydrogen-bond donors (Lipinski definition) is 1. The quantitative estimate of drug-likeness (QED) is 0.536. The van der Waals surface area contributed by atoms with E-state index < -0.39 is 16.6 Å². The molecule has 0 aromatic heterocycles. The van der Waals surface area contributed by atoms with Crippen LogP contribution in [0.3, 0.4) is 0 Å². The number of likely N-dealkylation sites (N-methyl/N-ethyl adjacent to an activating group) is 2. The topological polar surface area (TPSA) is 92.6 Å². The van der Waals surface area contributed by atoms with Gasteiger partial charge in [-0.1, -0.05) is 23.9 Å². The van der Waals surface area contributed by atoms with Gasteiger partial charge in [0.25, 0.3) is 11.6 Å². The lowest BCUT2D eigenvalue weighted by molar-refractivity contribution is -0.384. The predicted octanol–water partition coefficient (Wildman–Crippen LogP) is 3.48. The number of amides is 2. The molecule has 7 nitrogen and oxygen atoms in total. The maximum atomic E-state index is 14.0. The lowest BCUT2D eigenvalue weighted by Crippen LogP contribution is -2.40. The van der Waals surface area contributed by atoms with Crippen molar-refractivity contribution in [2.45, 2.75) is 23.6 Å². The van der Waals surface area contributed by atoms with Crippen LogP contribution in [0.2, 0.25) is 0 Å². The van der Waals surface area contributed by atoms with Crippen molar-refractivity contribution in [3.8, 4) is 0 Å². The van der Waals surface area contributed by atoms with Crippen LogP contribution in [0.15, 0.2) is 52.3 Å². The van der Waals surface area contributed by atoms with Gasteiger partial charge in [-0.15, -0.1) is 0 Å². The number of nitrogens with one attached hydrogen (secondary N) is 1. The molecule has 0 unspecified atom stereocenters. The summed E-state index contributed by atoms with van der Waals surface area (Å²) in [6.45, 7) is 3.96. The Bertz CT molecular complexity index is 891. The Morgan fingerprint density at radius 3 is 2.50 bits per heavy atom. The van der Waals surface area contributed by atoms with Gasteiger partial charge in [0.1, 0.15) is 5.82 Å². The first kappa shape index (κ1) is 21.4. The highest BCUT2D eigenvalue weighted by Crippen LogP contribution is 2.34. The number of hydrogen-bond acceptors (Lipinski definition) is 5. The summed E-state index contributed by atoms with van der Waals surface area (Å²) in [7, 11) is 0. The summed E-state index contributed by atoms with van der Waals surface area (Å²) in [4.78, 5) is 37.4. The van der Waals surface area contributed by atoms with Crippen molar-refractivity contribution >= 4 is 29.3 Å². The molecule has 0 aliphatic carbocycles. The number of nitro groups is 1. The molecule has 0 aliphatic rings. The highest BCUT2D eigenvalue weighted by atomic mass is 32.2. The molecule has 2 aromatic carbocycles. The third kappa shape index (κ3) is 5.29. The summed E-state index contributed by atoms with van der Waals surface area (Å²) in [6.07, 6.45) is 0. The standard InChI is InChI=1S/C19H20FN3O4S/c1-3-21-18(24)12-22(4-2)19(25)14-11-13(23(26)27)9-10-16(14)28-17-8-6-5-7-15(17)20/h5-11H,3-4,12H2,1-2H3,(H,21,24). The SMILES string of the molecule is CCNC(=O)CN(CC)C(=O)c1cc([N+](=O)[O-])ccc1Sc1ccccc1F. The second kappa shape index (κ2) is 9.84. The summed E-state index contributed by atoms with van der Waals surface area (Å²) in [5.41, 5.74) is -0.205. The molecule has 0 heterocycles. The van der Waals surface area contributed by atoms with E-state index in [2.05, 4.69) is 5.32 Å². The fourth-order valence-electron chi connectivity index (χ4n) is 2.46. The van der Waals surface area contributed by atoms with E-state index in [1.54, 1.807) is 32.0 Å². The van der Waals surface area contributed by atoms with Gasteiger partial charge in [-0.25, -0.2) is 4.39 Å². The molecule has 2 amide bonds. The van der Waals surface area contributed by atoms with Gasteiger partial charge in [-0.2, -0.15) is 0 Å². The first-order valence-electron chi connectivity index (χ1n) is 8.64. The van der Waals surface area contributed by atoms with Gasteiger partial charge in [0.2, 0.25) is 5.91 Å². The zero-order valence-electron chi connectivity index (χ0n) is 15.5. The van der Waals surface area contributed by atoms with Gasteiger partial charge >= 0.3 is 0 Å². The molecule has 0 radical (unpaired) electrons. The van der Waals surface area contributed by atoms with Crippen LogP contribution < -0.4 is 5.32 Å². The summed E-state index contributed by atoms with van der Waals surface area (Å²) < 4.78 is 14.0. The van der Waals surface area contributed by atoms with Gasteiger partial charge in [0, 0.05) is 35.0 Å². The molecule has 0 saturated carbocycles. The molecular weight excluding hydrogens is 385 g/mol. The number of non-ortho nitro benzene ring substituents is 1. The highest BCUT2D eigenvalue weighted by Gasteiger charge is 2.23. The van der Waals surface area contributed by atoms with E-state index in [0.717, 1.165) is 17.8 Å². The van der Waals surface area contributed by atoms with E-state index in [4.69, 9.17) is 0 Å². The number of carbonyl (C=O) groups excluding carboxylic acids is 2. The van der Waals surface area contributed by atoms with E-state index in [1.807, 2.05) is 0 Å². The molecule has 0 spiro atoms. The van der Waals surface area contributed by atoms with Crippen LogP contribution in [-0.2, 0) is 4.79 Å². The summed E-state index contributed by atoms with van der Waals surface area (Å²) >= 11 is 1.00. The minimum absolute atomic E-state index is 0.0496. The van der Waals surface area contributed by atoms with Crippen molar-refractivity contribution in [3.05, 3.63) is 64.0 Å². The third-order valence-corrected chi connectivity index (χ3v) is 4.97. The summed E-state index contributed by atoms with van der Waals surface area (Å²) in [6, 6.07) is 9.90. The van der Waals surface area contributed by atoms with E-state index in [1.165, 1.54) is 23.1 Å². The van der Waals surface area contributed by atoms with Crippen LogP contribution in [0, 0.1) is 15.9 Å². The second-order valence-corrected chi connectivity index (χ2v) is 6.83. The van der Waals surface area contributed by atoms with E-state index in [-0.39, 0.29) is 35.1 Å². The molecule has 148 valence electrons. The number of nitrogens with zero attached hydrogens (tertiary/aromatic N) is 2. The van der Waals surface area contributed by atoms with Crippen LogP contribution in [0.25, 0.3) is 0 Å². The van der Waals surface area contributed by atoms with Gasteiger partial charge in [0.05, 0.1) is 17.0 Å². The average molecular weight is 405 g/mol. The zero-order valence-corrected chi connectivity index (χ0v) is 16.3. The smallest absolute Gasteiger partial charge is 0.270 e. The van der Waals surface area contributed by atoms with E-state index in [0.29, 0.717) is 11.4 Å². The van der Waals surface area contributed by atoms with Crippen LogP contribution >= 0.6 is 11.8 Å². The van der Waals surface area contributed by atoms with E-state index >= 15 is 0 Å². The Morgan fingerprint density at radius 1 is 1.18 bits per heavy atom. The first-order valence-corrected chi connectivity index (χ1v) is 9.45. The van der Waals surface area contributed by atoms with Crippen molar-refractivity contribution in [3.63, 3.8) is 0 Å². The van der Waals surface area contributed by atoms with Crippen LogP contribution in [-0.4, -0.2) is 41.3 Å². The normalized spacial score (nSPS) is 10.4. The molecule has 0 atom stereocenters. The van der Waals surface area contributed by atoms with Crippen LogP contribution in [0.1, 0.15) is 24.2 Å². The third-order valence-electron chi connectivity index (χ3n) is 3.84.